The summed E-state index contributed by atoms with van der Waals surface area (Å²) in [6, 6.07) is 2.64. The van der Waals surface area contributed by atoms with Gasteiger partial charge in [-0.2, -0.15) is 0 Å². The van der Waals surface area contributed by atoms with E-state index in [2.05, 4.69) is 21.2 Å². The molecule has 1 aromatic rings. The molecule has 0 bridgehead atoms. The Morgan fingerprint density at radius 1 is 1.45 bits per heavy atom. The predicted molar refractivity (Wildman–Crippen MR) is 80.2 cm³/mol. The summed E-state index contributed by atoms with van der Waals surface area (Å²) in [6.07, 6.45) is 3.42. The predicted octanol–water partition coefficient (Wildman–Crippen LogP) is 2.28. The van der Waals surface area contributed by atoms with Gasteiger partial charge in [-0.1, -0.05) is 18.0 Å². The van der Waals surface area contributed by atoms with E-state index in [1.807, 2.05) is 0 Å². The molecule has 3 N–H and O–H groups in total. The Balaban J connectivity index is 2.23. The second-order valence-corrected chi connectivity index (χ2v) is 7.55. The zero-order valence-corrected chi connectivity index (χ0v) is 13.7. The number of hydrogen-bond acceptors (Lipinski definition) is 3. The molecule has 1 amide bonds. The van der Waals surface area contributed by atoms with Gasteiger partial charge < -0.3 is 5.32 Å². The molecular formula is C12H14BrClN2O3S. The molecule has 8 heteroatoms. The number of benzene rings is 1. The number of nitrogens with one attached hydrogen (secondary N) is 1. The lowest BCUT2D eigenvalue weighted by molar-refractivity contribution is 0.0939. The van der Waals surface area contributed by atoms with Crippen molar-refractivity contribution in [3.05, 3.63) is 27.2 Å². The van der Waals surface area contributed by atoms with Gasteiger partial charge in [-0.05, 0) is 46.8 Å². The minimum atomic E-state index is -3.95. The molecule has 110 valence electrons. The van der Waals surface area contributed by atoms with Gasteiger partial charge in [-0.25, -0.2) is 13.6 Å². The summed E-state index contributed by atoms with van der Waals surface area (Å²) in [5, 5.41) is 8.01. The van der Waals surface area contributed by atoms with Gasteiger partial charge in [0.2, 0.25) is 10.0 Å². The first-order chi connectivity index (χ1) is 9.29. The number of amides is 1. The van der Waals surface area contributed by atoms with E-state index >= 15 is 0 Å². The normalized spacial score (nSPS) is 15.8. The number of sulfonamides is 1. The molecule has 0 spiro atoms. The first-order valence-electron chi connectivity index (χ1n) is 6.09. The van der Waals surface area contributed by atoms with E-state index in [0.29, 0.717) is 12.5 Å². The van der Waals surface area contributed by atoms with Crippen molar-refractivity contribution in [3.8, 4) is 0 Å². The molecule has 0 unspecified atom stereocenters. The van der Waals surface area contributed by atoms with Gasteiger partial charge in [0.05, 0.1) is 14.4 Å². The van der Waals surface area contributed by atoms with E-state index in [-0.39, 0.29) is 25.9 Å². The maximum atomic E-state index is 12.0. The first-order valence-corrected chi connectivity index (χ1v) is 8.81. The van der Waals surface area contributed by atoms with Crippen LogP contribution in [0.15, 0.2) is 21.5 Å². The number of halogens is 2. The van der Waals surface area contributed by atoms with E-state index in [0.717, 1.165) is 12.8 Å². The molecule has 0 saturated heterocycles. The molecule has 0 aromatic heterocycles. The zero-order chi connectivity index (χ0) is 14.9. The van der Waals surface area contributed by atoms with Crippen LogP contribution >= 0.6 is 27.5 Å². The van der Waals surface area contributed by atoms with Gasteiger partial charge in [0.15, 0.2) is 0 Å². The lowest BCUT2D eigenvalue weighted by atomic mass is 9.85. The van der Waals surface area contributed by atoms with E-state index in [4.69, 9.17) is 16.7 Å². The maximum absolute atomic E-state index is 12.0. The van der Waals surface area contributed by atoms with Crippen molar-refractivity contribution in [2.24, 2.45) is 11.1 Å². The molecule has 0 radical (unpaired) electrons. The fourth-order valence-corrected chi connectivity index (χ4v) is 3.77. The van der Waals surface area contributed by atoms with E-state index in [1.54, 1.807) is 0 Å². The molecule has 1 aliphatic carbocycles. The van der Waals surface area contributed by atoms with Crippen molar-refractivity contribution in [2.75, 3.05) is 6.54 Å². The number of carbonyl (C=O) groups excluding carboxylic acids is 1. The van der Waals surface area contributed by atoms with Gasteiger partial charge >= 0.3 is 0 Å². The Labute approximate surface area is 131 Å². The van der Waals surface area contributed by atoms with E-state index in [1.165, 1.54) is 18.6 Å². The van der Waals surface area contributed by atoms with Crippen molar-refractivity contribution in [1.82, 2.24) is 5.32 Å². The lowest BCUT2D eigenvalue weighted by Crippen LogP contribution is -2.32. The SMILES string of the molecule is NS(=O)(=O)c1cc(C(=O)NCC2CCC2)cc(Cl)c1Br. The molecule has 20 heavy (non-hydrogen) atoms. The van der Waals surface area contributed by atoms with Crippen LogP contribution < -0.4 is 10.5 Å². The summed E-state index contributed by atoms with van der Waals surface area (Å²) in [5.41, 5.74) is 0.182. The first kappa shape index (κ1) is 15.8. The molecular weight excluding hydrogens is 368 g/mol. The Kier molecular flexibility index (Phi) is 4.73. The molecule has 0 aliphatic heterocycles. The van der Waals surface area contributed by atoms with Crippen LogP contribution in [-0.4, -0.2) is 20.9 Å². The smallest absolute Gasteiger partial charge is 0.251 e. The van der Waals surface area contributed by atoms with Crippen molar-refractivity contribution in [2.45, 2.75) is 24.2 Å². The third-order valence-corrected chi connectivity index (χ3v) is 5.92. The average Bonchev–Trinajstić information content (AvgIpc) is 2.28. The van der Waals surface area contributed by atoms with Crippen LogP contribution in [0.3, 0.4) is 0 Å². The molecule has 0 heterocycles. The highest BCUT2D eigenvalue weighted by Gasteiger charge is 2.21. The third-order valence-electron chi connectivity index (χ3n) is 3.34. The Morgan fingerprint density at radius 3 is 2.60 bits per heavy atom. The number of rotatable bonds is 4. The molecule has 2 rings (SSSR count). The molecule has 1 aromatic carbocycles. The van der Waals surface area contributed by atoms with Crippen molar-refractivity contribution < 1.29 is 13.2 Å². The Hall–Kier alpha value is -0.630. The number of carbonyl (C=O) groups is 1. The highest BCUT2D eigenvalue weighted by atomic mass is 79.9. The van der Waals surface area contributed by atoms with Crippen LogP contribution in [-0.2, 0) is 10.0 Å². The van der Waals surface area contributed by atoms with Crippen LogP contribution in [0.5, 0.6) is 0 Å². The van der Waals surface area contributed by atoms with Crippen LogP contribution in [0, 0.1) is 5.92 Å². The molecule has 1 aliphatic rings. The number of hydrogen-bond donors (Lipinski definition) is 2. The quantitative estimate of drug-likeness (QED) is 0.838. The average molecular weight is 382 g/mol. The molecule has 5 nitrogen and oxygen atoms in total. The topological polar surface area (TPSA) is 89.3 Å². The fraction of sp³-hybridized carbons (Fsp3) is 0.417. The van der Waals surface area contributed by atoms with E-state index < -0.39 is 10.0 Å². The summed E-state index contributed by atoms with van der Waals surface area (Å²) in [7, 11) is -3.95. The van der Waals surface area contributed by atoms with Gasteiger partial charge in [0.25, 0.3) is 5.91 Å². The Morgan fingerprint density at radius 2 is 2.10 bits per heavy atom. The highest BCUT2D eigenvalue weighted by molar-refractivity contribution is 9.10. The van der Waals surface area contributed by atoms with Gasteiger partial charge in [-0.15, -0.1) is 0 Å². The minimum absolute atomic E-state index is 0.130. The Bertz CT molecular complexity index is 644. The minimum Gasteiger partial charge on any atom is -0.352 e. The zero-order valence-electron chi connectivity index (χ0n) is 10.5. The second kappa shape index (κ2) is 6.01. The second-order valence-electron chi connectivity index (χ2n) is 4.82. The highest BCUT2D eigenvalue weighted by Crippen LogP contribution is 2.31. The summed E-state index contributed by atoms with van der Waals surface area (Å²) < 4.78 is 23.1. The molecule has 0 atom stereocenters. The third kappa shape index (κ3) is 3.52. The van der Waals surface area contributed by atoms with Crippen molar-refractivity contribution >= 4 is 43.5 Å². The van der Waals surface area contributed by atoms with Crippen molar-refractivity contribution in [3.63, 3.8) is 0 Å². The van der Waals surface area contributed by atoms with Crippen LogP contribution in [0.25, 0.3) is 0 Å². The summed E-state index contributed by atoms with van der Waals surface area (Å²) in [4.78, 5) is 11.8. The summed E-state index contributed by atoms with van der Waals surface area (Å²) >= 11 is 8.98. The molecule has 1 saturated carbocycles. The van der Waals surface area contributed by atoms with Crippen LogP contribution in [0.2, 0.25) is 5.02 Å². The summed E-state index contributed by atoms with van der Waals surface area (Å²) in [5.74, 6) is 0.166. The van der Waals surface area contributed by atoms with Crippen LogP contribution in [0.4, 0.5) is 0 Å². The molecule has 1 fully saturated rings. The van der Waals surface area contributed by atoms with E-state index in [9.17, 15) is 13.2 Å². The largest absolute Gasteiger partial charge is 0.352 e. The fourth-order valence-electron chi connectivity index (χ4n) is 1.94. The monoisotopic (exact) mass is 380 g/mol. The van der Waals surface area contributed by atoms with Gasteiger partial charge in [-0.3, -0.25) is 4.79 Å². The number of nitrogens with two attached hydrogens (primary N) is 1. The van der Waals surface area contributed by atoms with Gasteiger partial charge in [0.1, 0.15) is 0 Å². The van der Waals surface area contributed by atoms with Gasteiger partial charge in [0, 0.05) is 12.1 Å². The number of primary sulfonamides is 1. The maximum Gasteiger partial charge on any atom is 0.251 e. The lowest BCUT2D eigenvalue weighted by Gasteiger charge is -2.25. The standard InChI is InChI=1S/C12H14BrClN2O3S/c13-11-9(14)4-8(5-10(11)20(15,18)19)12(17)16-6-7-2-1-3-7/h4-5,7H,1-3,6H2,(H,16,17)(H2,15,18,19). The van der Waals surface area contributed by atoms with Crippen LogP contribution in [0.1, 0.15) is 29.6 Å². The summed E-state index contributed by atoms with van der Waals surface area (Å²) in [6.45, 7) is 0.594. The van der Waals surface area contributed by atoms with Crippen molar-refractivity contribution in [1.29, 1.82) is 0 Å².